The van der Waals surface area contributed by atoms with Crippen molar-refractivity contribution >= 4 is 41.0 Å². The highest BCUT2D eigenvalue weighted by Gasteiger charge is 2.52. The van der Waals surface area contributed by atoms with Gasteiger partial charge in [0.1, 0.15) is 6.54 Å². The van der Waals surface area contributed by atoms with Gasteiger partial charge in [0.05, 0.1) is 17.9 Å². The Morgan fingerprint density at radius 2 is 1.77 bits per heavy atom. The van der Waals surface area contributed by atoms with E-state index in [1.54, 1.807) is 56.3 Å². The molecule has 4 atom stereocenters. The van der Waals surface area contributed by atoms with Gasteiger partial charge >= 0.3 is 12.1 Å². The number of halogens is 5. The molecule has 1 aliphatic rings. The SMILES string of the molecule is CCC(CN(CC(F)(F)F)C(C)=O)N1C(=O)[C@@](C)(CC(=O)O)C[C@H](c2cccc(Cl)c2)[C@H]1c1ccc(Cl)cc1. The van der Waals surface area contributed by atoms with Gasteiger partial charge in [0.25, 0.3) is 0 Å². The van der Waals surface area contributed by atoms with Gasteiger partial charge in [-0.15, -0.1) is 0 Å². The first-order chi connectivity index (χ1) is 18.1. The standard InChI is InChI=1S/C28H31Cl2F3N2O4/c1-4-22(15-34(17(2)36)16-28(31,32)33)35-25(18-8-10-20(29)11-9-18)23(19-6-5-7-21(30)12-19)13-27(3,26(35)39)14-24(37)38/h5-12,22-23,25H,4,13-16H2,1-3H3,(H,37,38)/t22?,23-,25-,27-/m1/s1. The highest BCUT2D eigenvalue weighted by Crippen LogP contribution is 2.52. The van der Waals surface area contributed by atoms with Crippen molar-refractivity contribution in [3.63, 3.8) is 0 Å². The number of carbonyl (C=O) groups excluding carboxylic acids is 2. The number of rotatable bonds is 9. The van der Waals surface area contributed by atoms with Crippen LogP contribution in [0.15, 0.2) is 48.5 Å². The fourth-order valence-corrected chi connectivity index (χ4v) is 5.79. The summed E-state index contributed by atoms with van der Waals surface area (Å²) in [5.74, 6) is -2.89. The van der Waals surface area contributed by atoms with Crippen molar-refractivity contribution in [2.45, 2.75) is 64.2 Å². The Morgan fingerprint density at radius 1 is 1.13 bits per heavy atom. The lowest BCUT2D eigenvalue weighted by molar-refractivity contribution is -0.168. The number of amides is 2. The van der Waals surface area contributed by atoms with E-state index >= 15 is 0 Å². The Bertz CT molecular complexity index is 1210. The summed E-state index contributed by atoms with van der Waals surface area (Å²) in [5, 5.41) is 10.6. The van der Waals surface area contributed by atoms with E-state index in [2.05, 4.69) is 0 Å². The zero-order chi connectivity index (χ0) is 29.1. The van der Waals surface area contributed by atoms with Gasteiger partial charge in [-0.1, -0.05) is 61.3 Å². The third-order valence-electron chi connectivity index (χ3n) is 7.24. The Balaban J connectivity index is 2.22. The predicted octanol–water partition coefficient (Wildman–Crippen LogP) is 6.72. The molecule has 0 spiro atoms. The quantitative estimate of drug-likeness (QED) is 0.354. The molecule has 1 N–H and O–H groups in total. The monoisotopic (exact) mass is 586 g/mol. The number of piperidine rings is 1. The molecular formula is C28H31Cl2F3N2O4. The second-order valence-electron chi connectivity index (χ2n) is 10.3. The van der Waals surface area contributed by atoms with E-state index in [1.165, 1.54) is 4.90 Å². The van der Waals surface area contributed by atoms with E-state index in [0.717, 1.165) is 12.5 Å². The number of aliphatic carboxylic acids is 1. The van der Waals surface area contributed by atoms with E-state index in [1.807, 2.05) is 6.07 Å². The van der Waals surface area contributed by atoms with Crippen LogP contribution in [0.25, 0.3) is 0 Å². The molecule has 6 nitrogen and oxygen atoms in total. The first-order valence-corrected chi connectivity index (χ1v) is 13.3. The lowest BCUT2D eigenvalue weighted by Crippen LogP contribution is -2.59. The average molecular weight is 587 g/mol. The zero-order valence-corrected chi connectivity index (χ0v) is 23.4. The number of likely N-dealkylation sites (tertiary alicyclic amines) is 1. The van der Waals surface area contributed by atoms with Crippen LogP contribution in [0, 0.1) is 5.41 Å². The number of alkyl halides is 3. The van der Waals surface area contributed by atoms with Crippen LogP contribution in [0.5, 0.6) is 0 Å². The molecule has 0 aliphatic carbocycles. The molecule has 212 valence electrons. The van der Waals surface area contributed by atoms with E-state index in [0.29, 0.717) is 20.5 Å². The van der Waals surface area contributed by atoms with Crippen molar-refractivity contribution in [3.05, 3.63) is 69.7 Å². The minimum Gasteiger partial charge on any atom is -0.481 e. The fourth-order valence-electron chi connectivity index (χ4n) is 5.47. The highest BCUT2D eigenvalue weighted by atomic mass is 35.5. The summed E-state index contributed by atoms with van der Waals surface area (Å²) in [4.78, 5) is 40.5. The topological polar surface area (TPSA) is 77.9 Å². The molecule has 11 heteroatoms. The van der Waals surface area contributed by atoms with Crippen LogP contribution in [-0.4, -0.2) is 58.0 Å². The Morgan fingerprint density at radius 3 is 2.28 bits per heavy atom. The number of hydrogen-bond donors (Lipinski definition) is 1. The summed E-state index contributed by atoms with van der Waals surface area (Å²) in [5.41, 5.74) is 0.0733. The van der Waals surface area contributed by atoms with Crippen LogP contribution in [0.3, 0.4) is 0 Å². The molecule has 2 amide bonds. The number of carboxylic acid groups (broad SMARTS) is 1. The summed E-state index contributed by atoms with van der Waals surface area (Å²) in [6, 6.07) is 12.3. The second kappa shape index (κ2) is 12.2. The largest absolute Gasteiger partial charge is 0.481 e. The van der Waals surface area contributed by atoms with Crippen molar-refractivity contribution in [2.24, 2.45) is 5.41 Å². The number of hydrogen-bond acceptors (Lipinski definition) is 3. The van der Waals surface area contributed by atoms with Crippen molar-refractivity contribution in [2.75, 3.05) is 13.1 Å². The Hall–Kier alpha value is -2.78. The molecular weight excluding hydrogens is 556 g/mol. The molecule has 1 saturated heterocycles. The minimum atomic E-state index is -4.63. The molecule has 3 rings (SSSR count). The maximum atomic E-state index is 14.2. The number of benzene rings is 2. The first-order valence-electron chi connectivity index (χ1n) is 12.5. The second-order valence-corrected chi connectivity index (χ2v) is 11.2. The van der Waals surface area contributed by atoms with E-state index in [9.17, 15) is 32.7 Å². The molecule has 1 unspecified atom stereocenters. The van der Waals surface area contributed by atoms with Gasteiger partial charge in [-0.25, -0.2) is 0 Å². The van der Waals surface area contributed by atoms with Crippen molar-refractivity contribution in [1.29, 1.82) is 0 Å². The third kappa shape index (κ3) is 7.45. The maximum absolute atomic E-state index is 14.2. The Labute approximate surface area is 235 Å². The summed E-state index contributed by atoms with van der Waals surface area (Å²) >= 11 is 12.4. The molecule has 0 saturated carbocycles. The molecule has 0 bridgehead atoms. The van der Waals surface area contributed by atoms with E-state index in [-0.39, 0.29) is 19.4 Å². The van der Waals surface area contributed by atoms with Crippen LogP contribution in [-0.2, 0) is 14.4 Å². The molecule has 0 aromatic heterocycles. The average Bonchev–Trinajstić information content (AvgIpc) is 2.83. The number of carboxylic acids is 1. The maximum Gasteiger partial charge on any atom is 0.406 e. The van der Waals surface area contributed by atoms with Crippen LogP contribution < -0.4 is 0 Å². The number of nitrogens with zero attached hydrogens (tertiary/aromatic N) is 2. The lowest BCUT2D eigenvalue weighted by atomic mass is 9.67. The summed E-state index contributed by atoms with van der Waals surface area (Å²) in [6.07, 6.45) is -4.71. The Kier molecular flexibility index (Phi) is 9.60. The van der Waals surface area contributed by atoms with Crippen LogP contribution >= 0.6 is 23.2 Å². The third-order valence-corrected chi connectivity index (χ3v) is 7.73. The van der Waals surface area contributed by atoms with E-state index < -0.39 is 60.3 Å². The summed E-state index contributed by atoms with van der Waals surface area (Å²) in [7, 11) is 0. The predicted molar refractivity (Wildman–Crippen MR) is 143 cm³/mol. The van der Waals surface area contributed by atoms with Gasteiger partial charge in [0, 0.05) is 35.5 Å². The lowest BCUT2D eigenvalue weighted by Gasteiger charge is -2.52. The number of carbonyl (C=O) groups is 3. The van der Waals surface area contributed by atoms with Gasteiger partial charge in [-0.2, -0.15) is 13.2 Å². The van der Waals surface area contributed by atoms with Gasteiger partial charge in [0.2, 0.25) is 11.8 Å². The van der Waals surface area contributed by atoms with Crippen LogP contribution in [0.1, 0.15) is 63.1 Å². The van der Waals surface area contributed by atoms with Crippen LogP contribution in [0.4, 0.5) is 13.2 Å². The van der Waals surface area contributed by atoms with Crippen LogP contribution in [0.2, 0.25) is 10.0 Å². The minimum absolute atomic E-state index is 0.164. The van der Waals surface area contributed by atoms with Crippen molar-refractivity contribution in [3.8, 4) is 0 Å². The summed E-state index contributed by atoms with van der Waals surface area (Å²) < 4.78 is 40.0. The van der Waals surface area contributed by atoms with Gasteiger partial charge in [-0.3, -0.25) is 14.4 Å². The van der Waals surface area contributed by atoms with Gasteiger partial charge in [0.15, 0.2) is 0 Å². The molecule has 1 fully saturated rings. The summed E-state index contributed by atoms with van der Waals surface area (Å²) in [6.45, 7) is 2.51. The zero-order valence-electron chi connectivity index (χ0n) is 21.8. The van der Waals surface area contributed by atoms with Gasteiger partial charge in [-0.05, 0) is 48.2 Å². The molecule has 0 radical (unpaired) electrons. The molecule has 39 heavy (non-hydrogen) atoms. The molecule has 1 aliphatic heterocycles. The molecule has 2 aromatic rings. The highest BCUT2D eigenvalue weighted by molar-refractivity contribution is 6.30. The molecule has 1 heterocycles. The van der Waals surface area contributed by atoms with E-state index in [4.69, 9.17) is 23.2 Å². The van der Waals surface area contributed by atoms with Crippen molar-refractivity contribution in [1.82, 2.24) is 9.80 Å². The van der Waals surface area contributed by atoms with Crippen molar-refractivity contribution < 1.29 is 32.7 Å². The smallest absolute Gasteiger partial charge is 0.406 e. The fraction of sp³-hybridized carbons (Fsp3) is 0.464. The van der Waals surface area contributed by atoms with Gasteiger partial charge < -0.3 is 14.9 Å². The molecule has 2 aromatic carbocycles. The normalized spacial score (nSPS) is 22.5. The first kappa shape index (κ1) is 30.8.